The van der Waals surface area contributed by atoms with Gasteiger partial charge in [0.1, 0.15) is 5.75 Å². The molecular formula is C18H27NO. The molecule has 110 valence electrons. The number of hydrogen-bond donors (Lipinski definition) is 1. The van der Waals surface area contributed by atoms with E-state index in [2.05, 4.69) is 38.8 Å². The Morgan fingerprint density at radius 2 is 2.10 bits per heavy atom. The van der Waals surface area contributed by atoms with Crippen molar-refractivity contribution in [3.8, 4) is 5.75 Å². The fourth-order valence-electron chi connectivity index (χ4n) is 5.25. The number of phenolic OH excluding ortho intramolecular Hbond substituents is 1. The van der Waals surface area contributed by atoms with E-state index in [1.165, 1.54) is 30.4 Å². The van der Waals surface area contributed by atoms with Gasteiger partial charge in [-0.25, -0.2) is 0 Å². The molecule has 0 amide bonds. The van der Waals surface area contributed by atoms with Crippen LogP contribution >= 0.6 is 0 Å². The standard InChI is InChI=1S/C18H27NO/c1-5-16-17(3)12-13-7-8-14(20)11-15(13)18(16,6-2)9-10-19(17)4/h7-8,11,16,20H,5-6,9-10,12H2,1-4H3/t16?,17-,18+/m0/s1. The van der Waals surface area contributed by atoms with Gasteiger partial charge in [0.25, 0.3) is 0 Å². The Bertz CT molecular complexity index is 526. The van der Waals surface area contributed by atoms with E-state index in [4.69, 9.17) is 0 Å². The summed E-state index contributed by atoms with van der Waals surface area (Å²) in [6.07, 6.45) is 4.71. The molecule has 0 radical (unpaired) electrons. The van der Waals surface area contributed by atoms with E-state index in [1.54, 1.807) is 0 Å². The molecule has 2 aliphatic rings. The number of phenols is 1. The van der Waals surface area contributed by atoms with Crippen LogP contribution in [0.2, 0.25) is 0 Å². The second-order valence-corrected chi connectivity index (χ2v) is 7.02. The summed E-state index contributed by atoms with van der Waals surface area (Å²) in [4.78, 5) is 2.57. The highest BCUT2D eigenvalue weighted by molar-refractivity contribution is 5.46. The van der Waals surface area contributed by atoms with Crippen molar-refractivity contribution in [2.45, 2.75) is 57.4 Å². The van der Waals surface area contributed by atoms with Crippen molar-refractivity contribution in [1.29, 1.82) is 0 Å². The van der Waals surface area contributed by atoms with Gasteiger partial charge in [-0.05, 0) is 69.0 Å². The van der Waals surface area contributed by atoms with Gasteiger partial charge in [-0.1, -0.05) is 26.3 Å². The van der Waals surface area contributed by atoms with Crippen LogP contribution in [-0.4, -0.2) is 29.1 Å². The Morgan fingerprint density at radius 1 is 1.35 bits per heavy atom. The Balaban J connectivity index is 2.25. The normalized spacial score (nSPS) is 36.7. The summed E-state index contributed by atoms with van der Waals surface area (Å²) < 4.78 is 0. The van der Waals surface area contributed by atoms with Gasteiger partial charge in [-0.15, -0.1) is 0 Å². The lowest BCUT2D eigenvalue weighted by atomic mass is 9.51. The zero-order valence-electron chi connectivity index (χ0n) is 13.2. The molecule has 1 N–H and O–H groups in total. The first-order valence-corrected chi connectivity index (χ1v) is 8.01. The van der Waals surface area contributed by atoms with Gasteiger partial charge in [0.15, 0.2) is 0 Å². The van der Waals surface area contributed by atoms with E-state index in [-0.39, 0.29) is 11.0 Å². The molecule has 1 unspecified atom stereocenters. The number of rotatable bonds is 2. The number of benzene rings is 1. The summed E-state index contributed by atoms with van der Waals surface area (Å²) in [5.41, 5.74) is 3.39. The molecule has 1 saturated heterocycles. The Morgan fingerprint density at radius 3 is 2.75 bits per heavy atom. The molecule has 1 aromatic rings. The summed E-state index contributed by atoms with van der Waals surface area (Å²) in [6.45, 7) is 8.27. The molecule has 2 bridgehead atoms. The van der Waals surface area contributed by atoms with Gasteiger partial charge in [0.05, 0.1) is 0 Å². The summed E-state index contributed by atoms with van der Waals surface area (Å²) in [7, 11) is 2.29. The van der Waals surface area contributed by atoms with Gasteiger partial charge >= 0.3 is 0 Å². The minimum Gasteiger partial charge on any atom is -0.508 e. The molecule has 2 nitrogen and oxygen atoms in total. The van der Waals surface area contributed by atoms with Gasteiger partial charge < -0.3 is 10.0 Å². The highest BCUT2D eigenvalue weighted by Gasteiger charge is 2.56. The van der Waals surface area contributed by atoms with Crippen molar-refractivity contribution < 1.29 is 5.11 Å². The van der Waals surface area contributed by atoms with E-state index in [9.17, 15) is 5.11 Å². The second kappa shape index (κ2) is 4.49. The topological polar surface area (TPSA) is 23.5 Å². The third-order valence-electron chi connectivity index (χ3n) is 6.40. The van der Waals surface area contributed by atoms with Crippen LogP contribution in [0.5, 0.6) is 5.75 Å². The van der Waals surface area contributed by atoms with E-state index >= 15 is 0 Å². The Kier molecular flexibility index (Phi) is 3.13. The molecule has 3 rings (SSSR count). The second-order valence-electron chi connectivity index (χ2n) is 7.02. The minimum absolute atomic E-state index is 0.252. The maximum Gasteiger partial charge on any atom is 0.115 e. The Hall–Kier alpha value is -1.02. The van der Waals surface area contributed by atoms with Crippen molar-refractivity contribution in [2.75, 3.05) is 13.6 Å². The molecule has 1 fully saturated rings. The zero-order chi connectivity index (χ0) is 14.5. The van der Waals surface area contributed by atoms with Gasteiger partial charge in [0, 0.05) is 11.0 Å². The molecule has 0 spiro atoms. The van der Waals surface area contributed by atoms with Crippen LogP contribution in [0.1, 0.15) is 51.2 Å². The van der Waals surface area contributed by atoms with Crippen molar-refractivity contribution in [1.82, 2.24) is 4.90 Å². The van der Waals surface area contributed by atoms with Gasteiger partial charge in [-0.2, -0.15) is 0 Å². The van der Waals surface area contributed by atoms with Crippen molar-refractivity contribution in [2.24, 2.45) is 5.92 Å². The number of piperidine rings is 1. The maximum absolute atomic E-state index is 9.96. The summed E-state index contributed by atoms with van der Waals surface area (Å²) >= 11 is 0. The molecule has 1 aliphatic heterocycles. The average molecular weight is 273 g/mol. The first-order valence-electron chi connectivity index (χ1n) is 8.01. The highest BCUT2D eigenvalue weighted by Crippen LogP contribution is 2.56. The number of likely N-dealkylation sites (N-methyl/N-ethyl adjacent to an activating group) is 1. The monoisotopic (exact) mass is 273 g/mol. The largest absolute Gasteiger partial charge is 0.508 e. The van der Waals surface area contributed by atoms with Crippen LogP contribution in [0.3, 0.4) is 0 Å². The molecule has 1 aromatic carbocycles. The zero-order valence-corrected chi connectivity index (χ0v) is 13.2. The van der Waals surface area contributed by atoms with Crippen molar-refractivity contribution in [3.05, 3.63) is 29.3 Å². The SMILES string of the molecule is CCC1[C@]2(CC)CCN(C)[C@@]1(C)Cc1ccc(O)cc12. The fraction of sp³-hybridized carbons (Fsp3) is 0.667. The molecule has 0 saturated carbocycles. The van der Waals surface area contributed by atoms with Crippen LogP contribution < -0.4 is 0 Å². The van der Waals surface area contributed by atoms with E-state index in [0.29, 0.717) is 11.7 Å². The molecule has 0 aromatic heterocycles. The third kappa shape index (κ3) is 1.60. The van der Waals surface area contributed by atoms with Crippen LogP contribution in [0, 0.1) is 5.92 Å². The highest BCUT2D eigenvalue weighted by atomic mass is 16.3. The molecule has 2 heteroatoms. The third-order valence-corrected chi connectivity index (χ3v) is 6.40. The Labute approximate surface area is 122 Å². The summed E-state index contributed by atoms with van der Waals surface area (Å²) in [5.74, 6) is 1.10. The lowest BCUT2D eigenvalue weighted by Crippen LogP contribution is -2.65. The van der Waals surface area contributed by atoms with Crippen molar-refractivity contribution in [3.63, 3.8) is 0 Å². The molecule has 3 atom stereocenters. The van der Waals surface area contributed by atoms with Crippen molar-refractivity contribution >= 4 is 0 Å². The number of fused-ring (bicyclic) bond motifs is 4. The summed E-state index contributed by atoms with van der Waals surface area (Å²) in [5, 5.41) is 9.96. The lowest BCUT2D eigenvalue weighted by Gasteiger charge is -2.62. The quantitative estimate of drug-likeness (QED) is 0.888. The van der Waals surface area contributed by atoms with E-state index in [0.717, 1.165) is 13.0 Å². The number of aromatic hydroxyl groups is 1. The van der Waals surface area contributed by atoms with E-state index < -0.39 is 0 Å². The predicted molar refractivity (Wildman–Crippen MR) is 83.2 cm³/mol. The van der Waals surface area contributed by atoms with Crippen LogP contribution in [0.4, 0.5) is 0 Å². The van der Waals surface area contributed by atoms with Crippen LogP contribution in [-0.2, 0) is 11.8 Å². The van der Waals surface area contributed by atoms with Crippen LogP contribution in [0.25, 0.3) is 0 Å². The van der Waals surface area contributed by atoms with Gasteiger partial charge in [0.2, 0.25) is 0 Å². The molecular weight excluding hydrogens is 246 g/mol. The first-order chi connectivity index (χ1) is 9.48. The minimum atomic E-state index is 0.252. The average Bonchev–Trinajstić information content (AvgIpc) is 2.43. The first kappa shape index (κ1) is 13.9. The van der Waals surface area contributed by atoms with Gasteiger partial charge in [-0.3, -0.25) is 0 Å². The number of likely N-dealkylation sites (tertiary alicyclic amines) is 1. The maximum atomic E-state index is 9.96. The predicted octanol–water partition coefficient (Wildman–Crippen LogP) is 3.72. The molecule has 20 heavy (non-hydrogen) atoms. The summed E-state index contributed by atoms with van der Waals surface area (Å²) in [6, 6.07) is 6.05. The smallest absolute Gasteiger partial charge is 0.115 e. The number of nitrogens with zero attached hydrogens (tertiary/aromatic N) is 1. The molecule has 1 aliphatic carbocycles. The lowest BCUT2D eigenvalue weighted by molar-refractivity contribution is -0.0436. The number of hydrogen-bond acceptors (Lipinski definition) is 2. The molecule has 1 heterocycles. The van der Waals surface area contributed by atoms with Crippen LogP contribution in [0.15, 0.2) is 18.2 Å². The van der Waals surface area contributed by atoms with E-state index in [1.807, 2.05) is 12.1 Å². The fourth-order valence-corrected chi connectivity index (χ4v) is 5.25.